The van der Waals surface area contributed by atoms with Crippen LogP contribution < -0.4 is 5.32 Å². The maximum Gasteiger partial charge on any atom is 0.187 e. The first-order valence-electron chi connectivity index (χ1n) is 3.02. The van der Waals surface area contributed by atoms with Crippen molar-refractivity contribution in [3.8, 4) is 0 Å². The van der Waals surface area contributed by atoms with Crippen molar-refractivity contribution in [2.45, 2.75) is 0 Å². The van der Waals surface area contributed by atoms with Crippen molar-refractivity contribution in [1.29, 1.82) is 0 Å². The fourth-order valence-corrected chi connectivity index (χ4v) is 0.703. The Morgan fingerprint density at radius 3 is 2.40 bits per heavy atom. The smallest absolute Gasteiger partial charge is 0.187 e. The van der Waals surface area contributed by atoms with Crippen LogP contribution in [0, 0.1) is 6.57 Å². The highest BCUT2D eigenvalue weighted by atomic mass is 14.8. The number of nitrogens with one attached hydrogen (secondary N) is 1. The first kappa shape index (κ1) is 6.63. The van der Waals surface area contributed by atoms with Gasteiger partial charge in [0.1, 0.15) is 0 Å². The summed E-state index contributed by atoms with van der Waals surface area (Å²) in [7, 11) is 1.85. The Morgan fingerprint density at radius 1 is 1.40 bits per heavy atom. The summed E-state index contributed by atoms with van der Waals surface area (Å²) in [5.41, 5.74) is 1.71. The first-order chi connectivity index (χ1) is 4.86. The van der Waals surface area contributed by atoms with Crippen LogP contribution in [0.4, 0.5) is 11.4 Å². The summed E-state index contributed by atoms with van der Waals surface area (Å²) in [4.78, 5) is 3.27. The molecule has 0 aromatic heterocycles. The maximum atomic E-state index is 6.68. The van der Waals surface area contributed by atoms with Gasteiger partial charge in [-0.25, -0.2) is 4.85 Å². The lowest BCUT2D eigenvalue weighted by atomic mass is 10.3. The Morgan fingerprint density at radius 2 is 2.00 bits per heavy atom. The minimum absolute atomic E-state index is 0. The van der Waals surface area contributed by atoms with E-state index in [2.05, 4.69) is 10.2 Å². The largest absolute Gasteiger partial charge is 0.388 e. The average Bonchev–Trinajstić information content (AvgIpc) is 2.05. The standard InChI is InChI=1S/C8H8N2.H2/c1-9-7-3-5-8(10-2)6-4-7;/h3-6,9H,1H3;1H. The van der Waals surface area contributed by atoms with Crippen LogP contribution in [0.15, 0.2) is 24.3 Å². The van der Waals surface area contributed by atoms with E-state index < -0.39 is 0 Å². The molecule has 0 spiro atoms. The molecular formula is C8H10N2. The Bertz CT molecular complexity index is 248. The molecule has 0 atom stereocenters. The minimum atomic E-state index is 0. The van der Waals surface area contributed by atoms with Gasteiger partial charge in [0, 0.05) is 14.2 Å². The zero-order chi connectivity index (χ0) is 7.40. The molecule has 0 unspecified atom stereocenters. The van der Waals surface area contributed by atoms with E-state index in [4.69, 9.17) is 6.57 Å². The highest BCUT2D eigenvalue weighted by Gasteiger charge is 1.87. The summed E-state index contributed by atoms with van der Waals surface area (Å²) < 4.78 is 0. The number of anilines is 1. The van der Waals surface area contributed by atoms with E-state index in [-0.39, 0.29) is 1.43 Å². The van der Waals surface area contributed by atoms with Crippen LogP contribution in [0.3, 0.4) is 0 Å². The Hall–Kier alpha value is -1.49. The van der Waals surface area contributed by atoms with Gasteiger partial charge in [0.2, 0.25) is 0 Å². The average molecular weight is 134 g/mol. The highest BCUT2D eigenvalue weighted by Crippen LogP contribution is 2.14. The maximum absolute atomic E-state index is 6.68. The quantitative estimate of drug-likeness (QED) is 0.584. The van der Waals surface area contributed by atoms with Crippen molar-refractivity contribution in [2.24, 2.45) is 0 Å². The monoisotopic (exact) mass is 134 g/mol. The van der Waals surface area contributed by atoms with E-state index in [0.29, 0.717) is 5.69 Å². The summed E-state index contributed by atoms with van der Waals surface area (Å²) in [6, 6.07) is 7.35. The molecule has 0 aliphatic carbocycles. The van der Waals surface area contributed by atoms with Gasteiger partial charge in [-0.15, -0.1) is 0 Å². The van der Waals surface area contributed by atoms with Crippen LogP contribution in [0.2, 0.25) is 0 Å². The molecule has 2 heteroatoms. The van der Waals surface area contributed by atoms with Crippen LogP contribution in [0.1, 0.15) is 1.43 Å². The van der Waals surface area contributed by atoms with E-state index in [0.717, 1.165) is 5.69 Å². The van der Waals surface area contributed by atoms with E-state index in [1.165, 1.54) is 0 Å². The van der Waals surface area contributed by atoms with Crippen LogP contribution in [0.25, 0.3) is 4.85 Å². The molecule has 0 fully saturated rings. The molecule has 0 saturated heterocycles. The van der Waals surface area contributed by atoms with E-state index in [1.807, 2.05) is 19.2 Å². The Labute approximate surface area is 61.8 Å². The second kappa shape index (κ2) is 2.88. The number of benzene rings is 1. The van der Waals surface area contributed by atoms with Gasteiger partial charge in [-0.05, 0) is 12.1 Å². The van der Waals surface area contributed by atoms with Gasteiger partial charge in [-0.2, -0.15) is 0 Å². The molecule has 1 aromatic carbocycles. The number of hydrogen-bond acceptors (Lipinski definition) is 1. The molecule has 0 aliphatic heterocycles. The van der Waals surface area contributed by atoms with Crippen molar-refractivity contribution in [1.82, 2.24) is 0 Å². The molecule has 2 nitrogen and oxygen atoms in total. The van der Waals surface area contributed by atoms with Crippen molar-refractivity contribution in [3.63, 3.8) is 0 Å². The Kier molecular flexibility index (Phi) is 1.91. The molecular weight excluding hydrogens is 124 g/mol. The van der Waals surface area contributed by atoms with Crippen molar-refractivity contribution in [3.05, 3.63) is 35.7 Å². The van der Waals surface area contributed by atoms with Crippen molar-refractivity contribution < 1.29 is 1.43 Å². The lowest BCUT2D eigenvalue weighted by molar-refractivity contribution is 1.52. The van der Waals surface area contributed by atoms with Gasteiger partial charge in [-0.3, -0.25) is 0 Å². The molecule has 0 saturated carbocycles. The normalized spacial score (nSPS) is 8.40. The summed E-state index contributed by atoms with van der Waals surface area (Å²) in [5, 5.41) is 2.98. The van der Waals surface area contributed by atoms with E-state index in [9.17, 15) is 0 Å². The zero-order valence-electron chi connectivity index (χ0n) is 5.76. The highest BCUT2D eigenvalue weighted by molar-refractivity contribution is 5.53. The molecule has 0 aliphatic rings. The van der Waals surface area contributed by atoms with Crippen molar-refractivity contribution in [2.75, 3.05) is 12.4 Å². The first-order valence-corrected chi connectivity index (χ1v) is 3.02. The zero-order valence-corrected chi connectivity index (χ0v) is 5.76. The third kappa shape index (κ3) is 1.26. The fourth-order valence-electron chi connectivity index (χ4n) is 0.703. The summed E-state index contributed by atoms with van der Waals surface area (Å²) in [5.74, 6) is 0. The second-order valence-corrected chi connectivity index (χ2v) is 1.91. The van der Waals surface area contributed by atoms with Crippen LogP contribution in [-0.4, -0.2) is 7.05 Å². The molecule has 0 bridgehead atoms. The summed E-state index contributed by atoms with van der Waals surface area (Å²) in [6.45, 7) is 6.68. The van der Waals surface area contributed by atoms with E-state index in [1.54, 1.807) is 12.1 Å². The minimum Gasteiger partial charge on any atom is -0.388 e. The molecule has 1 N–H and O–H groups in total. The van der Waals surface area contributed by atoms with Gasteiger partial charge in [-0.1, -0.05) is 12.1 Å². The number of nitrogens with zero attached hydrogens (tertiary/aromatic N) is 1. The lowest BCUT2D eigenvalue weighted by Gasteiger charge is -1.96. The molecule has 1 rings (SSSR count). The fraction of sp³-hybridized carbons (Fsp3) is 0.125. The molecule has 0 heterocycles. The summed E-state index contributed by atoms with van der Waals surface area (Å²) in [6.07, 6.45) is 0. The van der Waals surface area contributed by atoms with Gasteiger partial charge < -0.3 is 5.32 Å². The van der Waals surface area contributed by atoms with Crippen LogP contribution in [0.5, 0.6) is 0 Å². The molecule has 1 aromatic rings. The third-order valence-corrected chi connectivity index (χ3v) is 1.29. The van der Waals surface area contributed by atoms with Gasteiger partial charge in [0.15, 0.2) is 5.69 Å². The molecule has 52 valence electrons. The topological polar surface area (TPSA) is 16.4 Å². The predicted molar refractivity (Wildman–Crippen MR) is 44.4 cm³/mol. The molecule has 0 radical (unpaired) electrons. The Balaban J connectivity index is 0.000001000. The molecule has 0 amide bonds. The second-order valence-electron chi connectivity index (χ2n) is 1.91. The van der Waals surface area contributed by atoms with Gasteiger partial charge >= 0.3 is 0 Å². The number of hydrogen-bond donors (Lipinski definition) is 1. The van der Waals surface area contributed by atoms with Gasteiger partial charge in [0.05, 0.1) is 6.57 Å². The van der Waals surface area contributed by atoms with Crippen LogP contribution in [-0.2, 0) is 0 Å². The third-order valence-electron chi connectivity index (χ3n) is 1.29. The van der Waals surface area contributed by atoms with Crippen molar-refractivity contribution >= 4 is 11.4 Å². The summed E-state index contributed by atoms with van der Waals surface area (Å²) >= 11 is 0. The molecule has 10 heavy (non-hydrogen) atoms. The van der Waals surface area contributed by atoms with Gasteiger partial charge in [0.25, 0.3) is 0 Å². The SMILES string of the molecule is [C-]#[N+]c1ccc(NC)cc1.[HH]. The van der Waals surface area contributed by atoms with Crippen LogP contribution >= 0.6 is 0 Å². The number of rotatable bonds is 1. The lowest BCUT2D eigenvalue weighted by Crippen LogP contribution is -1.84. The van der Waals surface area contributed by atoms with E-state index >= 15 is 0 Å². The predicted octanol–water partition coefficient (Wildman–Crippen LogP) is 2.53.